The lowest BCUT2D eigenvalue weighted by atomic mass is 9.39. The van der Waals surface area contributed by atoms with Gasteiger partial charge in [-0.1, -0.05) is 0 Å². The fraction of sp³-hybridized carbons (Fsp3) is 0.632. The van der Waals surface area contributed by atoms with Crippen molar-refractivity contribution in [2.45, 2.75) is 89.7 Å². The van der Waals surface area contributed by atoms with Crippen molar-refractivity contribution < 1.29 is 18.7 Å². The second-order valence-electron chi connectivity index (χ2n) is 17.1. The Morgan fingerprint density at radius 1 is 0.980 bits per heavy atom. The summed E-state index contributed by atoms with van der Waals surface area (Å²) in [6.07, 6.45) is 14.0. The third kappa shape index (κ3) is 5.77. The zero-order valence-corrected chi connectivity index (χ0v) is 29.4. The molecule has 11 nitrogen and oxygen atoms in total. The summed E-state index contributed by atoms with van der Waals surface area (Å²) in [5.41, 5.74) is 2.51. The maximum absolute atomic E-state index is 14.6. The van der Waals surface area contributed by atoms with Gasteiger partial charge in [-0.15, -0.1) is 10.2 Å². The van der Waals surface area contributed by atoms with Crippen molar-refractivity contribution in [1.82, 2.24) is 34.9 Å². The number of ether oxygens (including phenoxy) is 2. The summed E-state index contributed by atoms with van der Waals surface area (Å²) < 4.78 is 26.8. The quantitative estimate of drug-likeness (QED) is 0.262. The smallest absolute Gasteiger partial charge is 0.410 e. The van der Waals surface area contributed by atoms with Gasteiger partial charge < -0.3 is 19.3 Å². The molecule has 2 aromatic heterocycles. The monoisotopic (exact) mass is 682 g/mol. The molecular formula is C38H47FN8O3. The molecule has 0 radical (unpaired) electrons. The molecule has 1 spiro atoms. The van der Waals surface area contributed by atoms with Crippen LogP contribution in [0.5, 0.6) is 11.6 Å². The molecule has 50 heavy (non-hydrogen) atoms. The third-order valence-corrected chi connectivity index (χ3v) is 12.3. The molecular weight excluding hydrogens is 635 g/mol. The number of carbonyl (C=O) groups is 1. The molecule has 5 heterocycles. The molecule has 3 saturated heterocycles. The van der Waals surface area contributed by atoms with Crippen molar-refractivity contribution in [3.8, 4) is 22.8 Å². The Morgan fingerprint density at radius 3 is 2.46 bits per heavy atom. The van der Waals surface area contributed by atoms with Crippen molar-refractivity contribution in [3.05, 3.63) is 48.6 Å². The molecule has 2 bridgehead atoms. The summed E-state index contributed by atoms with van der Waals surface area (Å²) in [5, 5.41) is 8.46. The van der Waals surface area contributed by atoms with Gasteiger partial charge in [-0.2, -0.15) is 0 Å². The second kappa shape index (κ2) is 11.8. The molecule has 7 fully saturated rings. The summed E-state index contributed by atoms with van der Waals surface area (Å²) in [5.74, 6) is 3.02. The Hall–Kier alpha value is -3.93. The SMILES string of the molecule is CC(C)(C)OC(=O)N1CCC(C(N2CC3(CCN(c4ncnnc4Oc4ccc(F)cc4-c4cncnc4C4CC4)C3)C2)C23CC(C2)C3)CC1. The highest BCUT2D eigenvalue weighted by Gasteiger charge is 2.65. The van der Waals surface area contributed by atoms with Gasteiger partial charge in [-0.3, -0.25) is 4.90 Å². The predicted molar refractivity (Wildman–Crippen MR) is 184 cm³/mol. The third-order valence-electron chi connectivity index (χ3n) is 12.3. The number of nitrogens with zero attached hydrogens (tertiary/aromatic N) is 8. The first-order valence-electron chi connectivity index (χ1n) is 18.5. The molecule has 12 heteroatoms. The Bertz CT molecular complexity index is 1760. The summed E-state index contributed by atoms with van der Waals surface area (Å²) in [7, 11) is 0. The standard InChI is InChI=1S/C38H47FN8O3/c1-36(2,3)50-35(48)45-11-8-26(9-12-45)32(38-15-24(16-38)17-38)47-20-37(21-47)10-13-46(19-37)33-34(44-43-23-42-33)49-30-7-6-27(39)14-28(30)29-18-40-22-41-31(29)25-4-5-25/h6-7,14,18,22-26,32H,4-5,8-13,15-17,19-21H2,1-3H3. The van der Waals surface area contributed by atoms with Crippen LogP contribution in [0.25, 0.3) is 11.1 Å². The predicted octanol–water partition coefficient (Wildman–Crippen LogP) is 6.47. The minimum absolute atomic E-state index is 0.178. The summed E-state index contributed by atoms with van der Waals surface area (Å²) >= 11 is 0. The highest BCUT2D eigenvalue weighted by atomic mass is 19.1. The van der Waals surface area contributed by atoms with E-state index in [1.165, 1.54) is 37.7 Å². The minimum atomic E-state index is -0.473. The number of benzene rings is 1. The van der Waals surface area contributed by atoms with Crippen LogP contribution in [0.1, 0.15) is 83.7 Å². The van der Waals surface area contributed by atoms with Gasteiger partial charge in [0, 0.05) is 74.0 Å². The van der Waals surface area contributed by atoms with Crippen LogP contribution in [0, 0.1) is 28.5 Å². The van der Waals surface area contributed by atoms with Gasteiger partial charge in [0.05, 0.1) is 5.69 Å². The minimum Gasteiger partial charge on any atom is -0.444 e. The summed E-state index contributed by atoms with van der Waals surface area (Å²) in [6.45, 7) is 11.3. The van der Waals surface area contributed by atoms with Crippen molar-refractivity contribution in [2.24, 2.45) is 22.7 Å². The van der Waals surface area contributed by atoms with E-state index in [4.69, 9.17) is 9.47 Å². The van der Waals surface area contributed by atoms with Gasteiger partial charge in [-0.05, 0) is 108 Å². The number of aromatic nitrogens is 5. The normalized spacial score (nSPS) is 26.6. The van der Waals surface area contributed by atoms with Crippen LogP contribution >= 0.6 is 0 Å². The van der Waals surface area contributed by atoms with Crippen LogP contribution < -0.4 is 9.64 Å². The number of carbonyl (C=O) groups excluding carboxylic acids is 1. The lowest BCUT2D eigenvalue weighted by molar-refractivity contribution is -0.208. The van der Waals surface area contributed by atoms with E-state index in [0.717, 1.165) is 88.5 Å². The molecule has 4 aliphatic carbocycles. The highest BCUT2D eigenvalue weighted by Crippen LogP contribution is 2.69. The Kier molecular flexibility index (Phi) is 7.56. The van der Waals surface area contributed by atoms with Crippen LogP contribution in [0.4, 0.5) is 15.0 Å². The average Bonchev–Trinajstić information content (AvgIpc) is 3.79. The molecule has 1 atom stereocenters. The fourth-order valence-corrected chi connectivity index (χ4v) is 9.88. The van der Waals surface area contributed by atoms with Gasteiger partial charge in [0.2, 0.25) is 0 Å². The highest BCUT2D eigenvalue weighted by molar-refractivity contribution is 5.73. The van der Waals surface area contributed by atoms with Crippen molar-refractivity contribution in [2.75, 3.05) is 44.2 Å². The van der Waals surface area contributed by atoms with E-state index in [0.29, 0.717) is 46.3 Å². The van der Waals surface area contributed by atoms with Crippen molar-refractivity contribution in [1.29, 1.82) is 0 Å². The van der Waals surface area contributed by atoms with E-state index in [-0.39, 0.29) is 17.3 Å². The Labute approximate surface area is 293 Å². The molecule has 1 unspecified atom stereocenters. The lowest BCUT2D eigenvalue weighted by Gasteiger charge is -2.71. The number of anilines is 1. The lowest BCUT2D eigenvalue weighted by Crippen LogP contribution is -2.72. The van der Waals surface area contributed by atoms with E-state index in [1.54, 1.807) is 18.6 Å². The first-order valence-corrected chi connectivity index (χ1v) is 18.5. The van der Waals surface area contributed by atoms with Crippen molar-refractivity contribution in [3.63, 3.8) is 0 Å². The average molecular weight is 683 g/mol. The maximum atomic E-state index is 14.6. The summed E-state index contributed by atoms with van der Waals surface area (Å²) in [6, 6.07) is 5.12. The van der Waals surface area contributed by atoms with Crippen molar-refractivity contribution >= 4 is 11.9 Å². The molecule has 4 saturated carbocycles. The number of amides is 1. The number of piperidine rings is 1. The first-order chi connectivity index (χ1) is 24.1. The molecule has 264 valence electrons. The molecule has 10 rings (SSSR count). The number of hydrogen-bond donors (Lipinski definition) is 0. The van der Waals surface area contributed by atoms with Gasteiger partial charge in [0.1, 0.15) is 29.8 Å². The van der Waals surface area contributed by atoms with E-state index in [2.05, 4.69) is 34.9 Å². The summed E-state index contributed by atoms with van der Waals surface area (Å²) in [4.78, 5) is 33.3. The van der Waals surface area contributed by atoms with E-state index >= 15 is 0 Å². The topological polar surface area (TPSA) is 110 Å². The van der Waals surface area contributed by atoms with E-state index in [9.17, 15) is 9.18 Å². The largest absolute Gasteiger partial charge is 0.444 e. The Morgan fingerprint density at radius 2 is 1.76 bits per heavy atom. The first kappa shape index (κ1) is 32.0. The molecule has 0 N–H and O–H groups in total. The zero-order chi connectivity index (χ0) is 34.3. The molecule has 3 aliphatic heterocycles. The van der Waals surface area contributed by atoms with E-state index < -0.39 is 5.60 Å². The van der Waals surface area contributed by atoms with Gasteiger partial charge in [0.25, 0.3) is 5.88 Å². The van der Waals surface area contributed by atoms with Crippen LogP contribution in [0.3, 0.4) is 0 Å². The van der Waals surface area contributed by atoms with Gasteiger partial charge >= 0.3 is 6.09 Å². The zero-order valence-electron chi connectivity index (χ0n) is 29.4. The van der Waals surface area contributed by atoms with Crippen LogP contribution in [0.15, 0.2) is 37.1 Å². The van der Waals surface area contributed by atoms with E-state index in [1.807, 2.05) is 25.7 Å². The van der Waals surface area contributed by atoms with Crippen LogP contribution in [-0.4, -0.2) is 92.0 Å². The molecule has 1 amide bonds. The maximum Gasteiger partial charge on any atom is 0.410 e. The number of halogens is 1. The second-order valence-corrected chi connectivity index (χ2v) is 17.1. The molecule has 1 aromatic carbocycles. The van der Waals surface area contributed by atoms with Crippen LogP contribution in [-0.2, 0) is 4.74 Å². The fourth-order valence-electron chi connectivity index (χ4n) is 9.88. The number of likely N-dealkylation sites (tertiary alicyclic amines) is 2. The van der Waals surface area contributed by atoms with Gasteiger partial charge in [-0.25, -0.2) is 24.1 Å². The number of rotatable bonds is 8. The molecule has 3 aromatic rings. The van der Waals surface area contributed by atoms with Crippen LogP contribution in [0.2, 0.25) is 0 Å². The number of hydrogen-bond acceptors (Lipinski definition) is 10. The molecule has 7 aliphatic rings. The van der Waals surface area contributed by atoms with Gasteiger partial charge in [0.15, 0.2) is 5.82 Å². The Balaban J connectivity index is 0.891.